The standard InChI is InChI=1S/C17H21N3O/c18-9-8-15-5-1-2-11-20(15)17(21)14-6-7-16-13(12-14)4-3-10-19-16/h3-4,6-7,10,12,15H,1-2,5,8-9,11,18H2. The monoisotopic (exact) mass is 283 g/mol. The topological polar surface area (TPSA) is 59.2 Å². The molecule has 0 spiro atoms. The van der Waals surface area contributed by atoms with Crippen LogP contribution >= 0.6 is 0 Å². The quantitative estimate of drug-likeness (QED) is 0.942. The summed E-state index contributed by atoms with van der Waals surface area (Å²) in [6.45, 7) is 1.48. The minimum absolute atomic E-state index is 0.124. The zero-order valence-electron chi connectivity index (χ0n) is 12.2. The van der Waals surface area contributed by atoms with Gasteiger partial charge in [0.1, 0.15) is 0 Å². The predicted octanol–water partition coefficient (Wildman–Crippen LogP) is 2.58. The molecule has 1 aromatic carbocycles. The Kier molecular flexibility index (Phi) is 4.15. The van der Waals surface area contributed by atoms with Gasteiger partial charge in [0, 0.05) is 29.7 Å². The van der Waals surface area contributed by atoms with Crippen molar-refractivity contribution in [3.63, 3.8) is 0 Å². The summed E-state index contributed by atoms with van der Waals surface area (Å²) in [5, 5.41) is 1.01. The van der Waals surface area contributed by atoms with Gasteiger partial charge in [-0.3, -0.25) is 9.78 Å². The Morgan fingerprint density at radius 1 is 1.33 bits per heavy atom. The Balaban J connectivity index is 1.87. The maximum absolute atomic E-state index is 12.8. The summed E-state index contributed by atoms with van der Waals surface area (Å²) in [6, 6.07) is 9.93. The molecule has 110 valence electrons. The molecule has 21 heavy (non-hydrogen) atoms. The zero-order chi connectivity index (χ0) is 14.7. The number of hydrogen-bond donors (Lipinski definition) is 1. The van der Waals surface area contributed by atoms with Gasteiger partial charge in [-0.1, -0.05) is 6.07 Å². The van der Waals surface area contributed by atoms with E-state index >= 15 is 0 Å². The molecule has 2 N–H and O–H groups in total. The molecule has 1 amide bonds. The molecule has 4 heteroatoms. The van der Waals surface area contributed by atoms with Crippen molar-refractivity contribution in [2.24, 2.45) is 5.73 Å². The van der Waals surface area contributed by atoms with Crippen LogP contribution in [0.2, 0.25) is 0 Å². The van der Waals surface area contributed by atoms with Crippen molar-refractivity contribution in [1.29, 1.82) is 0 Å². The smallest absolute Gasteiger partial charge is 0.254 e. The molecule has 0 bridgehead atoms. The highest BCUT2D eigenvalue weighted by Gasteiger charge is 2.26. The number of hydrogen-bond acceptors (Lipinski definition) is 3. The number of piperidine rings is 1. The normalized spacial score (nSPS) is 18.9. The first kappa shape index (κ1) is 14.0. The summed E-state index contributed by atoms with van der Waals surface area (Å²) >= 11 is 0. The van der Waals surface area contributed by atoms with Gasteiger partial charge in [-0.2, -0.15) is 0 Å². The fourth-order valence-electron chi connectivity index (χ4n) is 3.13. The van der Waals surface area contributed by atoms with Gasteiger partial charge in [0.2, 0.25) is 0 Å². The third-order valence-electron chi connectivity index (χ3n) is 4.24. The molecule has 2 heterocycles. The Morgan fingerprint density at radius 2 is 2.24 bits per heavy atom. The van der Waals surface area contributed by atoms with Crippen LogP contribution in [0.3, 0.4) is 0 Å². The van der Waals surface area contributed by atoms with Gasteiger partial charge >= 0.3 is 0 Å². The van der Waals surface area contributed by atoms with E-state index in [2.05, 4.69) is 4.98 Å². The van der Waals surface area contributed by atoms with E-state index in [1.54, 1.807) is 6.20 Å². The Labute approximate surface area is 125 Å². The molecule has 0 aliphatic carbocycles. The predicted molar refractivity (Wildman–Crippen MR) is 84.1 cm³/mol. The van der Waals surface area contributed by atoms with Crippen LogP contribution in [-0.4, -0.2) is 34.9 Å². The van der Waals surface area contributed by atoms with E-state index in [-0.39, 0.29) is 5.91 Å². The number of rotatable bonds is 3. The SMILES string of the molecule is NCCC1CCCCN1C(=O)c1ccc2ncccc2c1. The number of carbonyl (C=O) groups is 1. The average molecular weight is 283 g/mol. The van der Waals surface area contributed by atoms with E-state index in [0.29, 0.717) is 12.6 Å². The lowest BCUT2D eigenvalue weighted by Gasteiger charge is -2.35. The third-order valence-corrected chi connectivity index (χ3v) is 4.24. The van der Waals surface area contributed by atoms with Crippen LogP contribution in [0.25, 0.3) is 10.9 Å². The minimum Gasteiger partial charge on any atom is -0.336 e. The van der Waals surface area contributed by atoms with Gasteiger partial charge in [-0.25, -0.2) is 0 Å². The van der Waals surface area contributed by atoms with Crippen LogP contribution in [-0.2, 0) is 0 Å². The molecule has 1 saturated heterocycles. The van der Waals surface area contributed by atoms with E-state index < -0.39 is 0 Å². The van der Waals surface area contributed by atoms with Crippen molar-refractivity contribution in [3.05, 3.63) is 42.1 Å². The van der Waals surface area contributed by atoms with E-state index in [0.717, 1.165) is 42.3 Å². The first-order valence-corrected chi connectivity index (χ1v) is 7.65. The number of pyridine rings is 1. The van der Waals surface area contributed by atoms with Crippen LogP contribution in [0.15, 0.2) is 36.5 Å². The molecule has 4 nitrogen and oxygen atoms in total. The number of benzene rings is 1. The second-order valence-corrected chi connectivity index (χ2v) is 5.64. The number of nitrogens with two attached hydrogens (primary N) is 1. The van der Waals surface area contributed by atoms with E-state index in [4.69, 9.17) is 5.73 Å². The van der Waals surface area contributed by atoms with Crippen molar-refractivity contribution in [1.82, 2.24) is 9.88 Å². The number of aromatic nitrogens is 1. The van der Waals surface area contributed by atoms with E-state index in [1.807, 2.05) is 35.2 Å². The summed E-state index contributed by atoms with van der Waals surface area (Å²) in [4.78, 5) is 19.1. The van der Waals surface area contributed by atoms with Gasteiger partial charge in [-0.05, 0) is 56.5 Å². The molecule has 0 radical (unpaired) electrons. The number of fused-ring (bicyclic) bond motifs is 1. The van der Waals surface area contributed by atoms with Crippen LogP contribution in [0.5, 0.6) is 0 Å². The summed E-state index contributed by atoms with van der Waals surface area (Å²) in [5.74, 6) is 0.124. The fourth-order valence-corrected chi connectivity index (χ4v) is 3.13. The number of likely N-dealkylation sites (tertiary alicyclic amines) is 1. The lowest BCUT2D eigenvalue weighted by atomic mass is 9.98. The first-order valence-electron chi connectivity index (χ1n) is 7.65. The van der Waals surface area contributed by atoms with Crippen molar-refractivity contribution < 1.29 is 4.79 Å². The summed E-state index contributed by atoms with van der Waals surface area (Å²) in [6.07, 6.45) is 6.00. The Morgan fingerprint density at radius 3 is 3.10 bits per heavy atom. The summed E-state index contributed by atoms with van der Waals surface area (Å²) < 4.78 is 0. The Hall–Kier alpha value is -1.94. The highest BCUT2D eigenvalue weighted by Crippen LogP contribution is 2.23. The number of carbonyl (C=O) groups excluding carboxylic acids is 1. The molecular formula is C17H21N3O. The lowest BCUT2D eigenvalue weighted by molar-refractivity contribution is 0.0605. The number of nitrogens with zero attached hydrogens (tertiary/aromatic N) is 2. The van der Waals surface area contributed by atoms with Crippen molar-refractivity contribution in [2.45, 2.75) is 31.7 Å². The van der Waals surface area contributed by atoms with Crippen molar-refractivity contribution in [2.75, 3.05) is 13.1 Å². The number of amides is 1. The minimum atomic E-state index is 0.124. The van der Waals surface area contributed by atoms with Gasteiger partial charge in [0.05, 0.1) is 5.52 Å². The van der Waals surface area contributed by atoms with Crippen molar-refractivity contribution in [3.8, 4) is 0 Å². The fraction of sp³-hybridized carbons (Fsp3) is 0.412. The largest absolute Gasteiger partial charge is 0.336 e. The highest BCUT2D eigenvalue weighted by atomic mass is 16.2. The van der Waals surface area contributed by atoms with Crippen LogP contribution in [0, 0.1) is 0 Å². The summed E-state index contributed by atoms with van der Waals surface area (Å²) in [7, 11) is 0. The van der Waals surface area contributed by atoms with Crippen LogP contribution in [0.1, 0.15) is 36.0 Å². The van der Waals surface area contributed by atoms with E-state index in [9.17, 15) is 4.79 Å². The second kappa shape index (κ2) is 6.22. The molecule has 1 aliphatic rings. The molecule has 1 aliphatic heterocycles. The summed E-state index contributed by atoms with van der Waals surface area (Å²) in [5.41, 5.74) is 7.36. The molecule has 1 atom stereocenters. The molecule has 1 aromatic heterocycles. The zero-order valence-corrected chi connectivity index (χ0v) is 12.2. The van der Waals surface area contributed by atoms with Gasteiger partial charge in [0.25, 0.3) is 5.91 Å². The van der Waals surface area contributed by atoms with E-state index in [1.165, 1.54) is 6.42 Å². The molecular weight excluding hydrogens is 262 g/mol. The third kappa shape index (κ3) is 2.90. The molecule has 0 saturated carbocycles. The molecule has 1 unspecified atom stereocenters. The first-order chi connectivity index (χ1) is 10.3. The van der Waals surface area contributed by atoms with Crippen LogP contribution in [0.4, 0.5) is 0 Å². The van der Waals surface area contributed by atoms with Gasteiger partial charge in [0.15, 0.2) is 0 Å². The molecule has 3 rings (SSSR count). The second-order valence-electron chi connectivity index (χ2n) is 5.64. The maximum atomic E-state index is 12.8. The van der Waals surface area contributed by atoms with Crippen molar-refractivity contribution >= 4 is 16.8 Å². The Bertz CT molecular complexity index is 639. The van der Waals surface area contributed by atoms with Gasteiger partial charge < -0.3 is 10.6 Å². The highest BCUT2D eigenvalue weighted by molar-refractivity contribution is 5.98. The van der Waals surface area contributed by atoms with Crippen LogP contribution < -0.4 is 5.73 Å². The maximum Gasteiger partial charge on any atom is 0.254 e. The van der Waals surface area contributed by atoms with Gasteiger partial charge in [-0.15, -0.1) is 0 Å². The molecule has 1 fully saturated rings. The molecule has 2 aromatic rings. The lowest BCUT2D eigenvalue weighted by Crippen LogP contribution is -2.44. The average Bonchev–Trinajstić information content (AvgIpc) is 2.54.